The molecule has 0 unspecified atom stereocenters. The third kappa shape index (κ3) is 4.33. The monoisotopic (exact) mass is 429 g/mol. The second kappa shape index (κ2) is 9.15. The Hall–Kier alpha value is -2.78. The van der Waals surface area contributed by atoms with Gasteiger partial charge in [0.2, 0.25) is 0 Å². The highest BCUT2D eigenvalue weighted by molar-refractivity contribution is 5.81. The summed E-state index contributed by atoms with van der Waals surface area (Å²) in [6.45, 7) is 16.3. The molecule has 1 aromatic carbocycles. The van der Waals surface area contributed by atoms with Gasteiger partial charge in [0.1, 0.15) is 6.54 Å². The lowest BCUT2D eigenvalue weighted by molar-refractivity contribution is -0.923. The first-order valence-electron chi connectivity index (χ1n) is 10.9. The number of hydrogen-bond acceptors (Lipinski definition) is 6. The lowest BCUT2D eigenvalue weighted by Gasteiger charge is -2.35. The summed E-state index contributed by atoms with van der Waals surface area (Å²) in [4.78, 5) is 33.2. The van der Waals surface area contributed by atoms with E-state index < -0.39 is 11.2 Å². The average molecular weight is 430 g/mol. The Morgan fingerprint density at radius 1 is 1.00 bits per heavy atom. The maximum Gasteiger partial charge on any atom is 0.371 e. The molecule has 2 aliphatic heterocycles. The minimum Gasteiger partial charge on any atom is -0.374 e. The van der Waals surface area contributed by atoms with E-state index in [1.165, 1.54) is 0 Å². The zero-order valence-corrected chi connectivity index (χ0v) is 19.1. The van der Waals surface area contributed by atoms with Crippen LogP contribution in [0.25, 0.3) is 22.6 Å². The molecular weight excluding hydrogens is 396 g/mol. The molecule has 0 amide bonds. The van der Waals surface area contributed by atoms with Crippen molar-refractivity contribution in [3.05, 3.63) is 44.1 Å². The van der Waals surface area contributed by atoms with Gasteiger partial charge in [-0.15, -0.1) is 0 Å². The van der Waals surface area contributed by atoms with Crippen LogP contribution in [0.1, 0.15) is 31.9 Å². The fourth-order valence-corrected chi connectivity index (χ4v) is 3.99. The first kappa shape index (κ1) is 22.9. The molecule has 0 atom stereocenters. The van der Waals surface area contributed by atoms with E-state index in [0.29, 0.717) is 30.0 Å². The molecule has 31 heavy (non-hydrogen) atoms. The standard InChI is InChI=1S/C22H33N6O3/c1-6-28(7-2,8-3)10-12-31-11-9-26-18-14-16(5)15(4)13-17(18)24-19-20(26)25-22(30)27(23)21(19)29/h13-14H,6-12,23H2,1-5H3/q+1. The van der Waals surface area contributed by atoms with Gasteiger partial charge in [0.15, 0.2) is 11.5 Å². The molecule has 0 spiro atoms. The van der Waals surface area contributed by atoms with Gasteiger partial charge in [0.05, 0.1) is 43.9 Å². The molecule has 3 rings (SSSR count). The van der Waals surface area contributed by atoms with Crippen molar-refractivity contribution in [1.29, 1.82) is 0 Å². The van der Waals surface area contributed by atoms with Crippen molar-refractivity contribution in [3.63, 3.8) is 0 Å². The van der Waals surface area contributed by atoms with Crippen molar-refractivity contribution < 1.29 is 9.22 Å². The first-order valence-corrected chi connectivity index (χ1v) is 10.9. The number of aromatic nitrogens is 4. The van der Waals surface area contributed by atoms with Crippen LogP contribution in [0.15, 0.2) is 21.7 Å². The maximum absolute atomic E-state index is 12.6. The summed E-state index contributed by atoms with van der Waals surface area (Å²) in [7, 11) is 0. The molecule has 9 heteroatoms. The molecule has 2 N–H and O–H groups in total. The number of nitrogen functional groups attached to an aromatic ring is 1. The highest BCUT2D eigenvalue weighted by Gasteiger charge is 2.22. The molecule has 0 saturated carbocycles. The van der Waals surface area contributed by atoms with Gasteiger partial charge in [-0.3, -0.25) is 4.79 Å². The number of fused-ring (bicyclic) bond motifs is 2. The minimum absolute atomic E-state index is 0.0801. The molecule has 0 fully saturated rings. The van der Waals surface area contributed by atoms with E-state index >= 15 is 0 Å². The summed E-state index contributed by atoms with van der Waals surface area (Å²) >= 11 is 0. The predicted molar refractivity (Wildman–Crippen MR) is 122 cm³/mol. The number of rotatable bonds is 9. The second-order valence-electron chi connectivity index (χ2n) is 8.06. The topological polar surface area (TPSA) is 105 Å². The number of aryl methyl sites for hydroxylation is 2. The van der Waals surface area contributed by atoms with E-state index in [4.69, 9.17) is 10.6 Å². The van der Waals surface area contributed by atoms with Crippen molar-refractivity contribution in [1.82, 2.24) is 19.2 Å². The third-order valence-corrected chi connectivity index (χ3v) is 6.59. The number of hydrogen-bond donors (Lipinski definition) is 1. The highest BCUT2D eigenvalue weighted by Crippen LogP contribution is 2.23. The lowest BCUT2D eigenvalue weighted by Crippen LogP contribution is -2.49. The summed E-state index contributed by atoms with van der Waals surface area (Å²) in [6.07, 6.45) is 0. The zero-order chi connectivity index (χ0) is 22.8. The Balaban J connectivity index is 1.95. The largest absolute Gasteiger partial charge is 0.374 e. The number of likely N-dealkylation sites (N-methyl/N-ethyl adjacent to an activating group) is 1. The fraction of sp³-hybridized carbons (Fsp3) is 0.545. The molecule has 0 bridgehead atoms. The number of nitrogens with two attached hydrogens (primary N) is 1. The van der Waals surface area contributed by atoms with Gasteiger partial charge in [0.25, 0.3) is 0 Å². The van der Waals surface area contributed by atoms with Gasteiger partial charge >= 0.3 is 11.2 Å². The average Bonchev–Trinajstić information content (AvgIpc) is 2.76. The van der Waals surface area contributed by atoms with Gasteiger partial charge in [-0.2, -0.15) is 9.66 Å². The Morgan fingerprint density at radius 3 is 2.29 bits per heavy atom. The Labute approximate surface area is 182 Å². The first-order chi connectivity index (χ1) is 14.8. The summed E-state index contributed by atoms with van der Waals surface area (Å²) < 4.78 is 9.32. The van der Waals surface area contributed by atoms with E-state index in [1.807, 2.05) is 30.5 Å². The molecule has 2 heterocycles. The second-order valence-corrected chi connectivity index (χ2v) is 8.06. The summed E-state index contributed by atoms with van der Waals surface area (Å²) in [5, 5.41) is 0. The van der Waals surface area contributed by atoms with Crippen LogP contribution in [0.4, 0.5) is 0 Å². The Morgan fingerprint density at radius 2 is 1.65 bits per heavy atom. The molecule has 2 aliphatic rings. The number of ether oxygens (including phenoxy) is 1. The molecule has 0 radical (unpaired) electrons. The van der Waals surface area contributed by atoms with Gasteiger partial charge in [-0.1, -0.05) is 0 Å². The van der Waals surface area contributed by atoms with E-state index in [-0.39, 0.29) is 11.5 Å². The Bertz CT molecular complexity index is 1150. The number of quaternary nitrogens is 1. The third-order valence-electron chi connectivity index (χ3n) is 6.59. The summed E-state index contributed by atoms with van der Waals surface area (Å²) in [5.74, 6) is 5.80. The zero-order valence-electron chi connectivity index (χ0n) is 19.1. The van der Waals surface area contributed by atoms with E-state index in [1.54, 1.807) is 0 Å². The van der Waals surface area contributed by atoms with Crippen LogP contribution in [-0.2, 0) is 11.3 Å². The SMILES string of the molecule is CC[N+](CC)(CC)CCOCCn1c2nc(=O)n(N)c(=O)c-2nc2cc(C)c(C)cc21. The number of benzene rings is 1. The van der Waals surface area contributed by atoms with Crippen molar-refractivity contribution in [2.45, 2.75) is 41.2 Å². The van der Waals surface area contributed by atoms with Crippen LogP contribution < -0.4 is 17.1 Å². The summed E-state index contributed by atoms with van der Waals surface area (Å²) in [6, 6.07) is 3.94. The van der Waals surface area contributed by atoms with Crippen molar-refractivity contribution in [3.8, 4) is 11.5 Å². The van der Waals surface area contributed by atoms with Crippen LogP contribution >= 0.6 is 0 Å². The smallest absolute Gasteiger partial charge is 0.371 e. The van der Waals surface area contributed by atoms with Crippen LogP contribution in [0, 0.1) is 13.8 Å². The Kier molecular flexibility index (Phi) is 6.76. The predicted octanol–water partition coefficient (Wildman–Crippen LogP) is 1.28. The quantitative estimate of drug-likeness (QED) is 0.238. The van der Waals surface area contributed by atoms with Crippen molar-refractivity contribution >= 4 is 11.0 Å². The normalized spacial score (nSPS) is 12.2. The molecule has 1 aromatic rings. The maximum atomic E-state index is 12.6. The van der Waals surface area contributed by atoms with E-state index in [9.17, 15) is 9.59 Å². The van der Waals surface area contributed by atoms with Crippen molar-refractivity contribution in [2.24, 2.45) is 0 Å². The van der Waals surface area contributed by atoms with Gasteiger partial charge in [-0.25, -0.2) is 9.78 Å². The van der Waals surface area contributed by atoms with Crippen LogP contribution in [0.2, 0.25) is 0 Å². The van der Waals surface area contributed by atoms with Crippen LogP contribution in [-0.4, -0.2) is 63.1 Å². The summed E-state index contributed by atoms with van der Waals surface area (Å²) in [5.41, 5.74) is 2.25. The van der Waals surface area contributed by atoms with Crippen LogP contribution in [0.3, 0.4) is 0 Å². The fourth-order valence-electron chi connectivity index (χ4n) is 3.99. The molecule has 0 saturated heterocycles. The minimum atomic E-state index is -0.798. The van der Waals surface area contributed by atoms with Gasteiger partial charge in [-0.05, 0) is 57.9 Å². The van der Waals surface area contributed by atoms with E-state index in [2.05, 4.69) is 30.7 Å². The number of nitrogens with zero attached hydrogens (tertiary/aromatic N) is 5. The molecule has 168 valence electrons. The molecule has 0 aliphatic carbocycles. The van der Waals surface area contributed by atoms with E-state index in [0.717, 1.165) is 47.3 Å². The highest BCUT2D eigenvalue weighted by atomic mass is 16.5. The van der Waals surface area contributed by atoms with Gasteiger partial charge in [0, 0.05) is 6.54 Å². The van der Waals surface area contributed by atoms with Crippen molar-refractivity contribution in [2.75, 3.05) is 45.2 Å². The molecule has 9 nitrogen and oxygen atoms in total. The van der Waals surface area contributed by atoms with Gasteiger partial charge < -0.3 is 19.6 Å². The van der Waals surface area contributed by atoms with Crippen LogP contribution in [0.5, 0.6) is 0 Å². The lowest BCUT2D eigenvalue weighted by atomic mass is 10.1. The molecule has 0 aromatic heterocycles. The molecular formula is C22H33N6O3+.